The first-order valence-electron chi connectivity index (χ1n) is 8.20. The van der Waals surface area contributed by atoms with Gasteiger partial charge in [-0.25, -0.2) is 4.79 Å². The average molecular weight is 391 g/mol. The first kappa shape index (κ1) is 17.3. The summed E-state index contributed by atoms with van der Waals surface area (Å²) >= 11 is 3.66. The number of ether oxygens (including phenoxy) is 1. The Morgan fingerprint density at radius 3 is 2.75 bits per heavy atom. The minimum Gasteiger partial charge on any atom is -0.491 e. The molecule has 1 heterocycles. The zero-order valence-corrected chi connectivity index (χ0v) is 16.1. The fourth-order valence-electron chi connectivity index (χ4n) is 3.42. The van der Waals surface area contributed by atoms with Gasteiger partial charge in [0.25, 0.3) is 0 Å². The molecular formula is C20H23BrO3. The van der Waals surface area contributed by atoms with E-state index in [1.807, 2.05) is 13.0 Å². The molecule has 0 saturated heterocycles. The molecule has 0 unspecified atom stereocenters. The van der Waals surface area contributed by atoms with Crippen LogP contribution < -0.4 is 4.74 Å². The lowest BCUT2D eigenvalue weighted by Crippen LogP contribution is -2.18. The molecule has 3 nitrogen and oxygen atoms in total. The third-order valence-electron chi connectivity index (χ3n) is 5.25. The Balaban J connectivity index is 1.85. The lowest BCUT2D eigenvalue weighted by Gasteiger charge is -2.19. The Kier molecular flexibility index (Phi) is 4.15. The molecule has 0 aromatic heterocycles. The van der Waals surface area contributed by atoms with E-state index < -0.39 is 5.97 Å². The van der Waals surface area contributed by atoms with Gasteiger partial charge in [0, 0.05) is 17.1 Å². The fourth-order valence-corrected chi connectivity index (χ4v) is 4.00. The number of rotatable bonds is 4. The maximum Gasteiger partial charge on any atom is 0.328 e. The fraction of sp³-hybridized carbons (Fsp3) is 0.450. The van der Waals surface area contributed by atoms with Crippen LogP contribution in [0.15, 0.2) is 40.4 Å². The van der Waals surface area contributed by atoms with Gasteiger partial charge in [-0.05, 0) is 57.8 Å². The van der Waals surface area contributed by atoms with Crippen LogP contribution in [0.4, 0.5) is 0 Å². The summed E-state index contributed by atoms with van der Waals surface area (Å²) in [5, 5.41) is 8.79. The highest BCUT2D eigenvalue weighted by Gasteiger charge is 2.50. The Morgan fingerprint density at radius 2 is 2.08 bits per heavy atom. The van der Waals surface area contributed by atoms with Gasteiger partial charge in [0.05, 0.1) is 11.1 Å². The van der Waals surface area contributed by atoms with E-state index in [0.717, 1.165) is 22.2 Å². The molecule has 1 aliphatic carbocycles. The van der Waals surface area contributed by atoms with Crippen LogP contribution in [0.1, 0.15) is 45.2 Å². The quantitative estimate of drug-likeness (QED) is 0.582. The van der Waals surface area contributed by atoms with Crippen molar-refractivity contribution >= 4 is 21.9 Å². The molecule has 0 spiro atoms. The lowest BCUT2D eigenvalue weighted by molar-refractivity contribution is -0.131. The monoisotopic (exact) mass is 390 g/mol. The Bertz CT molecular complexity index is 760. The van der Waals surface area contributed by atoms with Crippen LogP contribution in [0.25, 0.3) is 0 Å². The maximum absolute atomic E-state index is 10.7. The van der Waals surface area contributed by atoms with Crippen molar-refractivity contribution in [3.8, 4) is 5.75 Å². The van der Waals surface area contributed by atoms with Gasteiger partial charge in [0.2, 0.25) is 0 Å². The van der Waals surface area contributed by atoms with E-state index in [9.17, 15) is 4.79 Å². The standard InChI is InChI=1S/C20H23BrO3/c1-12(7-17(22)23)5-6-13-10-20(13,4)14-8-15-18(16(21)9-14)24-11-19(15,2)3/h5-9,13H,10-11H2,1-4H3,(H,22,23)/t13-,20+/m1/s1. The Labute approximate surface area is 151 Å². The molecule has 24 heavy (non-hydrogen) atoms. The molecule has 4 heteroatoms. The number of halogens is 1. The molecular weight excluding hydrogens is 368 g/mol. The number of carboxylic acid groups (broad SMARTS) is 1. The number of hydrogen-bond acceptors (Lipinski definition) is 2. The topological polar surface area (TPSA) is 46.5 Å². The SMILES string of the molecule is CC(C=C[C@@H]1C[C@]1(C)c1cc(Br)c2c(c1)C(C)(C)CO2)=CC(=O)O. The number of benzene rings is 1. The highest BCUT2D eigenvalue weighted by molar-refractivity contribution is 9.10. The van der Waals surface area contributed by atoms with Crippen molar-refractivity contribution in [2.24, 2.45) is 5.92 Å². The average Bonchev–Trinajstić information content (AvgIpc) is 3.04. The molecule has 128 valence electrons. The van der Waals surface area contributed by atoms with Crippen LogP contribution in [0.2, 0.25) is 0 Å². The van der Waals surface area contributed by atoms with E-state index in [4.69, 9.17) is 9.84 Å². The summed E-state index contributed by atoms with van der Waals surface area (Å²) in [4.78, 5) is 10.7. The summed E-state index contributed by atoms with van der Waals surface area (Å²) in [5.74, 6) is 0.505. The first-order valence-corrected chi connectivity index (χ1v) is 8.99. The van der Waals surface area contributed by atoms with Crippen molar-refractivity contribution in [1.82, 2.24) is 0 Å². The number of carbonyl (C=O) groups is 1. The van der Waals surface area contributed by atoms with Crippen LogP contribution in [-0.4, -0.2) is 17.7 Å². The molecule has 1 aromatic rings. The Morgan fingerprint density at radius 1 is 1.38 bits per heavy atom. The van der Waals surface area contributed by atoms with Crippen molar-refractivity contribution in [3.63, 3.8) is 0 Å². The van der Waals surface area contributed by atoms with Gasteiger partial charge in [-0.15, -0.1) is 0 Å². The van der Waals surface area contributed by atoms with E-state index in [1.165, 1.54) is 17.2 Å². The van der Waals surface area contributed by atoms with Crippen LogP contribution in [0.3, 0.4) is 0 Å². The second-order valence-electron chi connectivity index (χ2n) is 7.82. The Hall–Kier alpha value is -1.55. The summed E-state index contributed by atoms with van der Waals surface area (Å²) in [7, 11) is 0. The molecule has 1 aromatic carbocycles. The third kappa shape index (κ3) is 3.04. The number of allylic oxidation sites excluding steroid dienone is 3. The normalized spacial score (nSPS) is 27.9. The molecule has 1 aliphatic heterocycles. The zero-order chi connectivity index (χ0) is 17.7. The first-order chi connectivity index (χ1) is 11.1. The van der Waals surface area contributed by atoms with Gasteiger partial charge < -0.3 is 9.84 Å². The number of aliphatic carboxylic acids is 1. The molecule has 0 amide bonds. The lowest BCUT2D eigenvalue weighted by atomic mass is 9.83. The summed E-state index contributed by atoms with van der Waals surface area (Å²) < 4.78 is 6.88. The van der Waals surface area contributed by atoms with Gasteiger partial charge >= 0.3 is 5.97 Å². The summed E-state index contributed by atoms with van der Waals surface area (Å²) in [6.07, 6.45) is 6.37. The van der Waals surface area contributed by atoms with Gasteiger partial charge in [-0.2, -0.15) is 0 Å². The van der Waals surface area contributed by atoms with Crippen molar-refractivity contribution < 1.29 is 14.6 Å². The van der Waals surface area contributed by atoms with Gasteiger partial charge in [-0.1, -0.05) is 39.0 Å². The number of carboxylic acids is 1. The molecule has 1 N–H and O–H groups in total. The molecule has 0 bridgehead atoms. The summed E-state index contributed by atoms with van der Waals surface area (Å²) in [5.41, 5.74) is 3.49. The number of fused-ring (bicyclic) bond motifs is 1. The molecule has 0 radical (unpaired) electrons. The zero-order valence-electron chi connectivity index (χ0n) is 14.5. The summed E-state index contributed by atoms with van der Waals surface area (Å²) in [6, 6.07) is 4.47. The molecule has 1 fully saturated rings. The summed E-state index contributed by atoms with van der Waals surface area (Å²) in [6.45, 7) is 9.22. The largest absolute Gasteiger partial charge is 0.491 e. The van der Waals surface area contributed by atoms with E-state index in [1.54, 1.807) is 0 Å². The predicted octanol–water partition coefficient (Wildman–Crippen LogP) is 4.98. The molecule has 1 saturated carbocycles. The molecule has 2 atom stereocenters. The van der Waals surface area contributed by atoms with Crippen LogP contribution in [0.5, 0.6) is 5.75 Å². The third-order valence-corrected chi connectivity index (χ3v) is 5.84. The maximum atomic E-state index is 10.7. The van der Waals surface area contributed by atoms with Crippen molar-refractivity contribution in [2.75, 3.05) is 6.61 Å². The number of hydrogen-bond donors (Lipinski definition) is 1. The second-order valence-corrected chi connectivity index (χ2v) is 8.68. The van der Waals surface area contributed by atoms with Gasteiger partial charge in [0.15, 0.2) is 0 Å². The van der Waals surface area contributed by atoms with E-state index in [0.29, 0.717) is 12.5 Å². The highest BCUT2D eigenvalue weighted by Crippen LogP contribution is 2.57. The molecule has 3 rings (SSSR count). The smallest absolute Gasteiger partial charge is 0.328 e. The minimum atomic E-state index is -0.902. The van der Waals surface area contributed by atoms with Crippen molar-refractivity contribution in [3.05, 3.63) is 51.5 Å². The van der Waals surface area contributed by atoms with Gasteiger partial charge in [-0.3, -0.25) is 0 Å². The van der Waals surface area contributed by atoms with Crippen molar-refractivity contribution in [1.29, 1.82) is 0 Å². The van der Waals surface area contributed by atoms with E-state index >= 15 is 0 Å². The van der Waals surface area contributed by atoms with Crippen LogP contribution >= 0.6 is 15.9 Å². The molecule has 2 aliphatic rings. The van der Waals surface area contributed by atoms with E-state index in [-0.39, 0.29) is 10.8 Å². The van der Waals surface area contributed by atoms with Gasteiger partial charge in [0.1, 0.15) is 5.75 Å². The second kappa shape index (κ2) is 5.76. The minimum absolute atomic E-state index is 0.0330. The highest BCUT2D eigenvalue weighted by atomic mass is 79.9. The van der Waals surface area contributed by atoms with E-state index in [2.05, 4.69) is 54.9 Å². The predicted molar refractivity (Wildman–Crippen MR) is 98.7 cm³/mol. The van der Waals surface area contributed by atoms with Crippen LogP contribution in [-0.2, 0) is 15.6 Å². The van der Waals surface area contributed by atoms with Crippen molar-refractivity contribution in [2.45, 2.75) is 44.9 Å². The van der Waals surface area contributed by atoms with Crippen LogP contribution in [0, 0.1) is 5.92 Å².